The van der Waals surface area contributed by atoms with Gasteiger partial charge in [-0.05, 0) is 25.0 Å². The average molecular weight is 340 g/mol. The van der Waals surface area contributed by atoms with E-state index in [9.17, 15) is 18.7 Å². The molecule has 0 aliphatic heterocycles. The predicted molar refractivity (Wildman–Crippen MR) is 83.4 cm³/mol. The molecular weight excluding hydrogens is 322 g/mol. The topological polar surface area (TPSA) is 55.1 Å². The van der Waals surface area contributed by atoms with E-state index >= 15 is 0 Å². The summed E-state index contributed by atoms with van der Waals surface area (Å²) in [5.41, 5.74) is 0.685. The number of ketones is 1. The zero-order chi connectivity index (χ0) is 17.1. The van der Waals surface area contributed by atoms with Crippen molar-refractivity contribution in [2.24, 2.45) is 0 Å². The van der Waals surface area contributed by atoms with E-state index in [-0.39, 0.29) is 24.9 Å². The zero-order valence-electron chi connectivity index (χ0n) is 13.1. The first-order valence-electron chi connectivity index (χ1n) is 7.15. The van der Waals surface area contributed by atoms with Crippen LogP contribution in [0, 0.1) is 11.6 Å². The highest BCUT2D eigenvalue weighted by Crippen LogP contribution is 2.35. The van der Waals surface area contributed by atoms with Crippen LogP contribution >= 0.6 is 11.8 Å². The number of Topliss-reactive ketones (excluding diaryl/α,β-unsaturated/α-hetero) is 1. The molecule has 1 N–H and O–H groups in total. The summed E-state index contributed by atoms with van der Waals surface area (Å²) in [6.45, 7) is 5.03. The van der Waals surface area contributed by atoms with E-state index in [1.54, 1.807) is 4.57 Å². The number of hydrogen-bond donors (Lipinski definition) is 1. The second-order valence-electron chi connectivity index (χ2n) is 5.53. The third-order valence-corrected chi connectivity index (χ3v) is 4.24. The van der Waals surface area contributed by atoms with Gasteiger partial charge in [0.2, 0.25) is 0 Å². The Bertz CT molecular complexity index is 709. The number of aliphatic hydroxyl groups is 1. The predicted octanol–water partition coefficient (Wildman–Crippen LogP) is 3.52. The number of carbonyl (C=O) groups is 1. The van der Waals surface area contributed by atoms with Crippen LogP contribution in [-0.4, -0.2) is 20.4 Å². The molecule has 0 unspecified atom stereocenters. The lowest BCUT2D eigenvalue weighted by atomic mass is 10.1. The number of aromatic nitrogens is 2. The number of hydrogen-bond acceptors (Lipinski definition) is 4. The Labute approximate surface area is 137 Å². The minimum Gasteiger partial charge on any atom is -0.388 e. The van der Waals surface area contributed by atoms with Crippen molar-refractivity contribution in [3.8, 4) is 0 Å². The molecule has 0 bridgehead atoms. The molecular formula is C16H18F2N2O2S. The second kappa shape index (κ2) is 7.23. The maximum atomic E-state index is 13.4. The highest BCUT2D eigenvalue weighted by atomic mass is 32.2. The molecule has 0 saturated carbocycles. The molecule has 0 atom stereocenters. The average Bonchev–Trinajstić information content (AvgIpc) is 2.75. The minimum atomic E-state index is -0.668. The molecule has 7 heteroatoms. The van der Waals surface area contributed by atoms with Gasteiger partial charge in [0.15, 0.2) is 0 Å². The third kappa shape index (κ3) is 4.17. The van der Waals surface area contributed by atoms with E-state index in [4.69, 9.17) is 0 Å². The number of aliphatic hydroxyl groups excluding tert-OH is 1. The fourth-order valence-corrected chi connectivity index (χ4v) is 3.42. The van der Waals surface area contributed by atoms with Crippen LogP contribution in [0.1, 0.15) is 38.2 Å². The van der Waals surface area contributed by atoms with Crippen molar-refractivity contribution in [3.63, 3.8) is 0 Å². The molecule has 0 spiro atoms. The molecule has 124 valence electrons. The van der Waals surface area contributed by atoms with Crippen LogP contribution in [0.15, 0.2) is 28.1 Å². The van der Waals surface area contributed by atoms with Gasteiger partial charge >= 0.3 is 0 Å². The van der Waals surface area contributed by atoms with E-state index in [1.165, 1.54) is 19.1 Å². The van der Waals surface area contributed by atoms with Crippen molar-refractivity contribution < 1.29 is 18.7 Å². The Kier molecular flexibility index (Phi) is 5.54. The van der Waals surface area contributed by atoms with Gasteiger partial charge in [0, 0.05) is 11.0 Å². The molecule has 4 nitrogen and oxygen atoms in total. The Morgan fingerprint density at radius 1 is 1.30 bits per heavy atom. The van der Waals surface area contributed by atoms with E-state index in [1.807, 2.05) is 13.8 Å². The zero-order valence-corrected chi connectivity index (χ0v) is 14.0. The molecule has 0 amide bonds. The van der Waals surface area contributed by atoms with Crippen molar-refractivity contribution in [2.75, 3.05) is 0 Å². The van der Waals surface area contributed by atoms with Gasteiger partial charge in [-0.2, -0.15) is 0 Å². The summed E-state index contributed by atoms with van der Waals surface area (Å²) in [6.07, 6.45) is 0. The highest BCUT2D eigenvalue weighted by molar-refractivity contribution is 7.99. The summed E-state index contributed by atoms with van der Waals surface area (Å²) in [6, 6.07) is 3.25. The fraction of sp³-hybridized carbons (Fsp3) is 0.375. The first-order valence-corrected chi connectivity index (χ1v) is 7.97. The first kappa shape index (κ1) is 17.6. The summed E-state index contributed by atoms with van der Waals surface area (Å²) in [4.78, 5) is 16.3. The molecule has 2 aromatic rings. The summed E-state index contributed by atoms with van der Waals surface area (Å²) < 4.78 is 28.4. The Hall–Kier alpha value is -1.73. The molecule has 0 radical (unpaired) electrons. The van der Waals surface area contributed by atoms with E-state index in [0.29, 0.717) is 21.4 Å². The fourth-order valence-electron chi connectivity index (χ4n) is 2.19. The maximum Gasteiger partial charge on any atom is 0.149 e. The molecule has 0 saturated heterocycles. The molecule has 2 rings (SSSR count). The first-order chi connectivity index (χ1) is 10.8. The van der Waals surface area contributed by atoms with Crippen LogP contribution in [0.4, 0.5) is 8.78 Å². The second-order valence-corrected chi connectivity index (χ2v) is 6.59. The smallest absolute Gasteiger partial charge is 0.149 e. The maximum absolute atomic E-state index is 13.4. The Morgan fingerprint density at radius 2 is 1.91 bits per heavy atom. The largest absolute Gasteiger partial charge is 0.388 e. The molecule has 1 heterocycles. The van der Waals surface area contributed by atoms with Crippen molar-refractivity contribution in [1.29, 1.82) is 0 Å². The molecule has 1 aromatic heterocycles. The number of nitrogens with zero attached hydrogens (tertiary/aromatic N) is 2. The van der Waals surface area contributed by atoms with Crippen molar-refractivity contribution in [3.05, 3.63) is 41.4 Å². The van der Waals surface area contributed by atoms with Gasteiger partial charge in [0.05, 0.1) is 12.2 Å². The quantitative estimate of drug-likeness (QED) is 0.874. The van der Waals surface area contributed by atoms with Crippen LogP contribution in [0.25, 0.3) is 0 Å². The van der Waals surface area contributed by atoms with Crippen LogP contribution in [-0.2, 0) is 17.9 Å². The number of benzene rings is 1. The van der Waals surface area contributed by atoms with E-state index in [0.717, 1.165) is 17.8 Å². The van der Waals surface area contributed by atoms with Gasteiger partial charge in [-0.15, -0.1) is 0 Å². The standard InChI is InChI=1S/C16H18F2N2O2S/c1-9(2)15-16(20(7-10(3)22)14(8-21)19-15)23-13-5-11(17)4-12(18)6-13/h4-6,9,21H,7-8H2,1-3H3. The number of imidazole rings is 1. The molecule has 0 aliphatic rings. The van der Waals surface area contributed by atoms with Crippen LogP contribution in [0.2, 0.25) is 0 Å². The molecule has 0 aliphatic carbocycles. The lowest BCUT2D eigenvalue weighted by Gasteiger charge is -2.11. The molecule has 1 aromatic carbocycles. The lowest BCUT2D eigenvalue weighted by Crippen LogP contribution is -2.11. The number of carbonyl (C=O) groups excluding carboxylic acids is 1. The lowest BCUT2D eigenvalue weighted by molar-refractivity contribution is -0.117. The van der Waals surface area contributed by atoms with Crippen LogP contribution in [0.5, 0.6) is 0 Å². The third-order valence-electron chi connectivity index (χ3n) is 3.15. The number of halogens is 2. The summed E-state index contributed by atoms with van der Waals surface area (Å²) in [7, 11) is 0. The monoisotopic (exact) mass is 340 g/mol. The minimum absolute atomic E-state index is 0.0365. The van der Waals surface area contributed by atoms with Crippen LogP contribution in [0.3, 0.4) is 0 Å². The van der Waals surface area contributed by atoms with Gasteiger partial charge in [-0.1, -0.05) is 25.6 Å². The van der Waals surface area contributed by atoms with Crippen molar-refractivity contribution in [2.45, 2.75) is 49.8 Å². The van der Waals surface area contributed by atoms with Gasteiger partial charge in [-0.3, -0.25) is 4.79 Å². The van der Waals surface area contributed by atoms with E-state index in [2.05, 4.69) is 4.98 Å². The summed E-state index contributed by atoms with van der Waals surface area (Å²) in [5, 5.41) is 10.1. The van der Waals surface area contributed by atoms with Crippen molar-refractivity contribution >= 4 is 17.5 Å². The van der Waals surface area contributed by atoms with Gasteiger partial charge < -0.3 is 9.67 Å². The Morgan fingerprint density at radius 3 is 2.39 bits per heavy atom. The van der Waals surface area contributed by atoms with Crippen LogP contribution < -0.4 is 0 Å². The molecule has 0 fully saturated rings. The molecule has 23 heavy (non-hydrogen) atoms. The summed E-state index contributed by atoms with van der Waals surface area (Å²) >= 11 is 1.13. The number of rotatable bonds is 6. The van der Waals surface area contributed by atoms with E-state index < -0.39 is 11.6 Å². The summed E-state index contributed by atoms with van der Waals surface area (Å²) in [5.74, 6) is -1.03. The van der Waals surface area contributed by atoms with Gasteiger partial charge in [-0.25, -0.2) is 13.8 Å². The van der Waals surface area contributed by atoms with Crippen molar-refractivity contribution in [1.82, 2.24) is 9.55 Å². The normalized spacial score (nSPS) is 11.3. The van der Waals surface area contributed by atoms with Gasteiger partial charge in [0.25, 0.3) is 0 Å². The van der Waals surface area contributed by atoms with Gasteiger partial charge in [0.1, 0.15) is 34.9 Å². The SMILES string of the molecule is CC(=O)Cn1c(CO)nc(C(C)C)c1Sc1cc(F)cc(F)c1. The Balaban J connectivity index is 2.53. The highest BCUT2D eigenvalue weighted by Gasteiger charge is 2.21.